The fourth-order valence-corrected chi connectivity index (χ4v) is 3.99. The van der Waals surface area contributed by atoms with Crippen molar-refractivity contribution in [1.82, 2.24) is 5.32 Å². The molecular weight excluding hydrogens is 422 g/mol. The number of amides is 1. The molecule has 1 aliphatic rings. The highest BCUT2D eigenvalue weighted by Gasteiger charge is 2.42. The van der Waals surface area contributed by atoms with Crippen LogP contribution in [0.4, 0.5) is 0 Å². The van der Waals surface area contributed by atoms with Gasteiger partial charge in [0.2, 0.25) is 5.91 Å². The third kappa shape index (κ3) is 4.18. The molecule has 1 atom stereocenters. The fraction of sp³-hybridized carbons (Fsp3) is 0.409. The number of hydrogen-bond acceptors (Lipinski definition) is 4. The number of rotatable bonds is 6. The van der Waals surface area contributed by atoms with E-state index in [1.165, 1.54) is 0 Å². The Kier molecular flexibility index (Phi) is 6.62. The van der Waals surface area contributed by atoms with Crippen molar-refractivity contribution in [2.45, 2.75) is 31.2 Å². The number of carbonyl (C=O) groups is 1. The Morgan fingerprint density at radius 1 is 1.11 bits per heavy atom. The molecule has 1 saturated heterocycles. The monoisotopic (exact) mass is 447 g/mol. The first-order valence-corrected chi connectivity index (χ1v) is 10.2. The molecule has 5 nitrogen and oxygen atoms in total. The second kappa shape index (κ2) is 8.97. The van der Waals surface area contributed by atoms with E-state index in [1.807, 2.05) is 49.4 Å². The van der Waals surface area contributed by atoms with Gasteiger partial charge in [0, 0.05) is 23.2 Å². The largest absolute Gasteiger partial charge is 0.497 e. The summed E-state index contributed by atoms with van der Waals surface area (Å²) in [5.74, 6) is 1.46. The first-order valence-electron chi connectivity index (χ1n) is 9.37. The molecule has 0 radical (unpaired) electrons. The molecule has 0 aromatic heterocycles. The van der Waals surface area contributed by atoms with E-state index in [1.54, 1.807) is 14.2 Å². The summed E-state index contributed by atoms with van der Waals surface area (Å²) in [5.41, 5.74) is 1.30. The van der Waals surface area contributed by atoms with E-state index in [0.29, 0.717) is 26.1 Å². The molecule has 1 fully saturated rings. The molecule has 0 spiro atoms. The zero-order valence-electron chi connectivity index (χ0n) is 16.5. The summed E-state index contributed by atoms with van der Waals surface area (Å²) in [6.07, 6.45) is 1.31. The standard InChI is InChI=1S/C22H26BrNO4/c1-15(19-14-18(26-2)8-9-20(19)27-3)24-21(25)22(10-12-28-13-11-22)16-4-6-17(23)7-5-16/h4-9,14-15H,10-13H2,1-3H3,(H,24,25). The second-order valence-corrected chi connectivity index (χ2v) is 7.92. The average molecular weight is 448 g/mol. The van der Waals surface area contributed by atoms with Crippen molar-refractivity contribution in [3.63, 3.8) is 0 Å². The smallest absolute Gasteiger partial charge is 0.231 e. The lowest BCUT2D eigenvalue weighted by Gasteiger charge is -2.37. The van der Waals surface area contributed by atoms with Crippen molar-refractivity contribution < 1.29 is 19.0 Å². The highest BCUT2D eigenvalue weighted by atomic mass is 79.9. The maximum absolute atomic E-state index is 13.5. The zero-order valence-corrected chi connectivity index (χ0v) is 18.0. The van der Waals surface area contributed by atoms with Gasteiger partial charge in [-0.05, 0) is 55.7 Å². The summed E-state index contributed by atoms with van der Waals surface area (Å²) < 4.78 is 17.4. The molecule has 1 N–H and O–H groups in total. The maximum Gasteiger partial charge on any atom is 0.231 e. The van der Waals surface area contributed by atoms with Crippen molar-refractivity contribution in [2.75, 3.05) is 27.4 Å². The third-order valence-electron chi connectivity index (χ3n) is 5.43. The molecule has 0 bridgehead atoms. The van der Waals surface area contributed by atoms with Crippen LogP contribution in [0.5, 0.6) is 11.5 Å². The van der Waals surface area contributed by atoms with Crippen molar-refractivity contribution in [3.8, 4) is 11.5 Å². The minimum absolute atomic E-state index is 0.00972. The molecule has 3 rings (SSSR count). The van der Waals surface area contributed by atoms with Crippen LogP contribution in [0.2, 0.25) is 0 Å². The predicted molar refractivity (Wildman–Crippen MR) is 112 cm³/mol. The van der Waals surface area contributed by atoms with E-state index in [2.05, 4.69) is 21.2 Å². The minimum atomic E-state index is -0.598. The Labute approximate surface area is 174 Å². The maximum atomic E-state index is 13.5. The number of nitrogens with one attached hydrogen (secondary N) is 1. The van der Waals surface area contributed by atoms with Crippen molar-refractivity contribution in [2.24, 2.45) is 0 Å². The molecule has 2 aromatic carbocycles. The van der Waals surface area contributed by atoms with Crippen LogP contribution in [-0.4, -0.2) is 33.3 Å². The Hall–Kier alpha value is -2.05. The van der Waals surface area contributed by atoms with Gasteiger partial charge in [0.25, 0.3) is 0 Å². The van der Waals surface area contributed by atoms with Crippen LogP contribution in [0.1, 0.15) is 36.9 Å². The van der Waals surface area contributed by atoms with E-state index in [4.69, 9.17) is 14.2 Å². The third-order valence-corrected chi connectivity index (χ3v) is 5.96. The number of ether oxygens (including phenoxy) is 3. The van der Waals surface area contributed by atoms with Gasteiger partial charge in [-0.25, -0.2) is 0 Å². The molecule has 2 aromatic rings. The van der Waals surface area contributed by atoms with Gasteiger partial charge in [-0.2, -0.15) is 0 Å². The first-order chi connectivity index (χ1) is 13.5. The van der Waals surface area contributed by atoms with Crippen LogP contribution in [0, 0.1) is 0 Å². The molecule has 0 saturated carbocycles. The van der Waals surface area contributed by atoms with E-state index >= 15 is 0 Å². The molecule has 1 unspecified atom stereocenters. The Morgan fingerprint density at radius 3 is 2.39 bits per heavy atom. The van der Waals surface area contributed by atoms with Crippen LogP contribution < -0.4 is 14.8 Å². The SMILES string of the molecule is COc1ccc(OC)c(C(C)NC(=O)C2(c3ccc(Br)cc3)CCOCC2)c1. The summed E-state index contributed by atoms with van der Waals surface area (Å²) in [6.45, 7) is 3.10. The normalized spacial score (nSPS) is 16.9. The van der Waals surface area contributed by atoms with Crippen molar-refractivity contribution in [1.29, 1.82) is 0 Å². The van der Waals surface area contributed by atoms with Gasteiger partial charge in [0.05, 0.1) is 25.7 Å². The number of methoxy groups -OCH3 is 2. The molecule has 1 amide bonds. The lowest BCUT2D eigenvalue weighted by Crippen LogP contribution is -2.48. The van der Waals surface area contributed by atoms with Crippen LogP contribution in [0.25, 0.3) is 0 Å². The average Bonchev–Trinajstić information content (AvgIpc) is 2.74. The van der Waals surface area contributed by atoms with Gasteiger partial charge in [-0.1, -0.05) is 28.1 Å². The molecular formula is C22H26BrNO4. The van der Waals surface area contributed by atoms with Gasteiger partial charge < -0.3 is 19.5 Å². The van der Waals surface area contributed by atoms with Crippen LogP contribution in [0.15, 0.2) is 46.9 Å². The van der Waals surface area contributed by atoms with E-state index in [0.717, 1.165) is 27.1 Å². The minimum Gasteiger partial charge on any atom is -0.497 e. The highest BCUT2D eigenvalue weighted by Crippen LogP contribution is 2.37. The summed E-state index contributed by atoms with van der Waals surface area (Å²) >= 11 is 3.47. The van der Waals surface area contributed by atoms with E-state index < -0.39 is 5.41 Å². The van der Waals surface area contributed by atoms with Crippen LogP contribution >= 0.6 is 15.9 Å². The number of halogens is 1. The first kappa shape index (κ1) is 20.7. The van der Waals surface area contributed by atoms with Crippen molar-refractivity contribution >= 4 is 21.8 Å². The van der Waals surface area contributed by atoms with Crippen LogP contribution in [-0.2, 0) is 14.9 Å². The Bertz CT molecular complexity index is 816. The molecule has 1 heterocycles. The highest BCUT2D eigenvalue weighted by molar-refractivity contribution is 9.10. The summed E-state index contributed by atoms with van der Waals surface area (Å²) in [7, 11) is 3.25. The second-order valence-electron chi connectivity index (χ2n) is 7.00. The van der Waals surface area contributed by atoms with E-state index in [9.17, 15) is 4.79 Å². The molecule has 28 heavy (non-hydrogen) atoms. The summed E-state index contributed by atoms with van der Waals surface area (Å²) in [5, 5.41) is 3.20. The summed E-state index contributed by atoms with van der Waals surface area (Å²) in [4.78, 5) is 13.5. The van der Waals surface area contributed by atoms with Gasteiger partial charge >= 0.3 is 0 Å². The number of benzene rings is 2. The Morgan fingerprint density at radius 2 is 1.79 bits per heavy atom. The van der Waals surface area contributed by atoms with Gasteiger partial charge in [-0.3, -0.25) is 4.79 Å². The van der Waals surface area contributed by atoms with Gasteiger partial charge in [0.1, 0.15) is 11.5 Å². The van der Waals surface area contributed by atoms with Crippen LogP contribution in [0.3, 0.4) is 0 Å². The van der Waals surface area contributed by atoms with Crippen molar-refractivity contribution in [3.05, 3.63) is 58.1 Å². The topological polar surface area (TPSA) is 56.8 Å². The molecule has 1 aliphatic heterocycles. The summed E-state index contributed by atoms with van der Waals surface area (Å²) in [6, 6.07) is 13.4. The zero-order chi connectivity index (χ0) is 20.1. The van der Waals surface area contributed by atoms with E-state index in [-0.39, 0.29) is 11.9 Å². The lowest BCUT2D eigenvalue weighted by molar-refractivity contribution is -0.131. The van der Waals surface area contributed by atoms with Gasteiger partial charge in [-0.15, -0.1) is 0 Å². The quantitative estimate of drug-likeness (QED) is 0.712. The number of hydrogen-bond donors (Lipinski definition) is 1. The Balaban J connectivity index is 1.89. The lowest BCUT2D eigenvalue weighted by atomic mass is 9.73. The molecule has 150 valence electrons. The molecule has 0 aliphatic carbocycles. The molecule has 6 heteroatoms. The fourth-order valence-electron chi connectivity index (χ4n) is 3.73. The number of carbonyl (C=O) groups excluding carboxylic acids is 1. The predicted octanol–water partition coefficient (Wildman–Crippen LogP) is 4.39. The van der Waals surface area contributed by atoms with Gasteiger partial charge in [0.15, 0.2) is 0 Å².